The number of carbonyl (C=O) groups is 1. The van der Waals surface area contributed by atoms with Crippen LogP contribution in [-0.2, 0) is 11.2 Å². The first-order valence-electron chi connectivity index (χ1n) is 5.63. The van der Waals surface area contributed by atoms with Gasteiger partial charge in [0.15, 0.2) is 6.10 Å². The van der Waals surface area contributed by atoms with E-state index in [2.05, 4.69) is 0 Å². The maximum atomic E-state index is 12.2. The second kappa shape index (κ2) is 5.02. The van der Waals surface area contributed by atoms with Crippen LogP contribution in [0, 0.1) is 11.3 Å². The monoisotopic (exact) mass is 234 g/mol. The number of rotatable bonds is 2. The van der Waals surface area contributed by atoms with Crippen LogP contribution in [0.1, 0.15) is 23.0 Å². The molecule has 0 aliphatic carbocycles. The van der Waals surface area contributed by atoms with Crippen LogP contribution < -0.4 is 0 Å². The van der Waals surface area contributed by atoms with Crippen LogP contribution in [0.4, 0.5) is 0 Å². The van der Waals surface area contributed by atoms with Gasteiger partial charge in [-0.25, -0.2) is 0 Å². The maximum absolute atomic E-state index is 12.2. The van der Waals surface area contributed by atoms with Gasteiger partial charge in [0, 0.05) is 13.0 Å². The van der Waals surface area contributed by atoms with Gasteiger partial charge < -0.3 is 14.1 Å². The normalized spacial score (nSPS) is 20.0. The molecule has 0 spiro atoms. The highest BCUT2D eigenvalue weighted by molar-refractivity contribution is 5.95. The van der Waals surface area contributed by atoms with E-state index in [0.717, 1.165) is 0 Å². The summed E-state index contributed by atoms with van der Waals surface area (Å²) < 4.78 is 10.4. The summed E-state index contributed by atoms with van der Waals surface area (Å²) in [5, 5.41) is 8.79. The van der Waals surface area contributed by atoms with E-state index in [0.29, 0.717) is 37.4 Å². The highest BCUT2D eigenvalue weighted by Crippen LogP contribution is 2.16. The average Bonchev–Trinajstić information content (AvgIpc) is 2.86. The minimum absolute atomic E-state index is 0.0841. The molecule has 5 heteroatoms. The van der Waals surface area contributed by atoms with Crippen molar-refractivity contribution >= 4 is 5.91 Å². The number of hydrogen-bond acceptors (Lipinski definition) is 4. The predicted molar refractivity (Wildman–Crippen MR) is 59.3 cm³/mol. The van der Waals surface area contributed by atoms with Crippen molar-refractivity contribution in [1.29, 1.82) is 5.26 Å². The molecular weight excluding hydrogens is 220 g/mol. The number of ether oxygens (including phenoxy) is 1. The molecule has 17 heavy (non-hydrogen) atoms. The minimum Gasteiger partial charge on any atom is -0.469 e. The molecule has 2 rings (SSSR count). The smallest absolute Gasteiger partial charge is 0.257 e. The van der Waals surface area contributed by atoms with Gasteiger partial charge in [-0.1, -0.05) is 6.92 Å². The van der Waals surface area contributed by atoms with E-state index >= 15 is 0 Å². The molecule has 2 heterocycles. The first kappa shape index (κ1) is 11.7. The van der Waals surface area contributed by atoms with Crippen molar-refractivity contribution in [2.45, 2.75) is 19.4 Å². The van der Waals surface area contributed by atoms with E-state index in [-0.39, 0.29) is 5.91 Å². The summed E-state index contributed by atoms with van der Waals surface area (Å²) >= 11 is 0. The van der Waals surface area contributed by atoms with Crippen LogP contribution in [0.15, 0.2) is 16.7 Å². The summed E-state index contributed by atoms with van der Waals surface area (Å²) in [6.45, 7) is 3.19. The summed E-state index contributed by atoms with van der Waals surface area (Å²) in [6.07, 6.45) is 1.68. The predicted octanol–water partition coefficient (Wildman–Crippen LogP) is 1.21. The van der Waals surface area contributed by atoms with E-state index in [4.69, 9.17) is 14.4 Å². The van der Waals surface area contributed by atoms with Crippen LogP contribution in [0.2, 0.25) is 0 Å². The van der Waals surface area contributed by atoms with E-state index in [9.17, 15) is 4.79 Å². The lowest BCUT2D eigenvalue weighted by atomic mass is 10.1. The van der Waals surface area contributed by atoms with Crippen LogP contribution in [0.3, 0.4) is 0 Å². The summed E-state index contributed by atoms with van der Waals surface area (Å²) in [5.74, 6) is 0.606. The van der Waals surface area contributed by atoms with Crippen molar-refractivity contribution in [2.75, 3.05) is 19.7 Å². The summed E-state index contributed by atoms with van der Waals surface area (Å²) in [6, 6.07) is 3.70. The Morgan fingerprint density at radius 1 is 1.71 bits per heavy atom. The molecule has 1 aromatic rings. The van der Waals surface area contributed by atoms with E-state index in [1.807, 2.05) is 13.0 Å². The van der Waals surface area contributed by atoms with Crippen molar-refractivity contribution in [3.05, 3.63) is 23.7 Å². The Kier molecular flexibility index (Phi) is 3.45. The number of nitrogens with zero attached hydrogens (tertiary/aromatic N) is 2. The molecule has 1 aliphatic rings. The molecule has 5 nitrogen and oxygen atoms in total. The van der Waals surface area contributed by atoms with Gasteiger partial charge in [0.1, 0.15) is 5.76 Å². The number of furan rings is 1. The topological polar surface area (TPSA) is 66.5 Å². The molecule has 0 bridgehead atoms. The Balaban J connectivity index is 2.12. The molecule has 0 N–H and O–H groups in total. The van der Waals surface area contributed by atoms with E-state index < -0.39 is 6.10 Å². The fourth-order valence-electron chi connectivity index (χ4n) is 1.89. The zero-order valence-corrected chi connectivity index (χ0v) is 9.68. The summed E-state index contributed by atoms with van der Waals surface area (Å²) in [7, 11) is 0. The molecular formula is C12H14N2O3. The SMILES string of the molecule is CCc1occc1C(=O)N1CCOC(C#N)C1. The lowest BCUT2D eigenvalue weighted by Gasteiger charge is -2.29. The molecule has 1 aromatic heterocycles. The molecule has 1 atom stereocenters. The molecule has 1 aliphatic heterocycles. The molecule has 90 valence electrons. The fraction of sp³-hybridized carbons (Fsp3) is 0.500. The highest BCUT2D eigenvalue weighted by atomic mass is 16.5. The molecule has 1 amide bonds. The average molecular weight is 234 g/mol. The number of hydrogen-bond donors (Lipinski definition) is 0. The third kappa shape index (κ3) is 2.32. The number of aryl methyl sites for hydroxylation is 1. The van der Waals surface area contributed by atoms with Gasteiger partial charge in [0.05, 0.1) is 31.0 Å². The van der Waals surface area contributed by atoms with Crippen molar-refractivity contribution in [2.24, 2.45) is 0 Å². The van der Waals surface area contributed by atoms with Crippen LogP contribution >= 0.6 is 0 Å². The minimum atomic E-state index is -0.523. The first-order chi connectivity index (χ1) is 8.26. The second-order valence-electron chi connectivity index (χ2n) is 3.85. The Morgan fingerprint density at radius 2 is 2.53 bits per heavy atom. The highest BCUT2D eigenvalue weighted by Gasteiger charge is 2.26. The van der Waals surface area contributed by atoms with Gasteiger partial charge in [-0.3, -0.25) is 4.79 Å². The number of morpholine rings is 1. The summed E-state index contributed by atoms with van der Waals surface area (Å²) in [4.78, 5) is 13.8. The molecule has 1 saturated heterocycles. The number of nitriles is 1. The third-order valence-corrected chi connectivity index (χ3v) is 2.79. The van der Waals surface area contributed by atoms with Crippen molar-refractivity contribution in [1.82, 2.24) is 4.90 Å². The van der Waals surface area contributed by atoms with E-state index in [1.54, 1.807) is 11.0 Å². The lowest BCUT2D eigenvalue weighted by molar-refractivity contribution is 0.00337. The van der Waals surface area contributed by atoms with Gasteiger partial charge in [-0.05, 0) is 6.07 Å². The van der Waals surface area contributed by atoms with Gasteiger partial charge >= 0.3 is 0 Å². The first-order valence-corrected chi connectivity index (χ1v) is 5.63. The van der Waals surface area contributed by atoms with Gasteiger partial charge in [0.2, 0.25) is 0 Å². The third-order valence-electron chi connectivity index (χ3n) is 2.79. The zero-order valence-electron chi connectivity index (χ0n) is 9.68. The molecule has 0 saturated carbocycles. The molecule has 1 unspecified atom stereocenters. The van der Waals surface area contributed by atoms with Gasteiger partial charge in [0.25, 0.3) is 5.91 Å². The molecule has 0 aromatic carbocycles. The van der Waals surface area contributed by atoms with Crippen molar-refractivity contribution in [3.8, 4) is 6.07 Å². The van der Waals surface area contributed by atoms with Gasteiger partial charge in [-0.2, -0.15) is 5.26 Å². The van der Waals surface area contributed by atoms with Crippen LogP contribution in [0.25, 0.3) is 0 Å². The Bertz CT molecular complexity index is 447. The van der Waals surface area contributed by atoms with Crippen LogP contribution in [0.5, 0.6) is 0 Å². The quantitative estimate of drug-likeness (QED) is 0.771. The Labute approximate surface area is 99.6 Å². The Morgan fingerprint density at radius 3 is 3.24 bits per heavy atom. The molecule has 0 radical (unpaired) electrons. The van der Waals surface area contributed by atoms with Crippen molar-refractivity contribution in [3.63, 3.8) is 0 Å². The fourth-order valence-corrected chi connectivity index (χ4v) is 1.89. The Hall–Kier alpha value is -1.80. The lowest BCUT2D eigenvalue weighted by Crippen LogP contribution is -2.45. The largest absolute Gasteiger partial charge is 0.469 e. The standard InChI is InChI=1S/C12H14N2O3/c1-2-11-10(3-5-17-11)12(15)14-4-6-16-9(7-13)8-14/h3,5,9H,2,4,6,8H2,1H3. The summed E-state index contributed by atoms with van der Waals surface area (Å²) in [5.41, 5.74) is 0.589. The van der Waals surface area contributed by atoms with Crippen molar-refractivity contribution < 1.29 is 13.9 Å². The maximum Gasteiger partial charge on any atom is 0.257 e. The zero-order chi connectivity index (χ0) is 12.3. The van der Waals surface area contributed by atoms with E-state index in [1.165, 1.54) is 6.26 Å². The van der Waals surface area contributed by atoms with Gasteiger partial charge in [-0.15, -0.1) is 0 Å². The van der Waals surface area contributed by atoms with Crippen LogP contribution in [-0.4, -0.2) is 36.6 Å². The second-order valence-corrected chi connectivity index (χ2v) is 3.85. The number of carbonyl (C=O) groups excluding carboxylic acids is 1. The number of amides is 1. The molecule has 1 fully saturated rings.